The van der Waals surface area contributed by atoms with Crippen molar-refractivity contribution >= 4 is 75.3 Å². The number of carbonyl (C=O) groups excluding carboxylic acids is 8. The highest BCUT2D eigenvalue weighted by Gasteiger charge is 2.39. The van der Waals surface area contributed by atoms with Gasteiger partial charge in [0.2, 0.25) is 28.9 Å². The second-order valence-corrected chi connectivity index (χ2v) is 30.6. The number of nitriles is 1. The zero-order valence-corrected chi connectivity index (χ0v) is 68.1. The number of anilines is 3. The van der Waals surface area contributed by atoms with Crippen molar-refractivity contribution in [3.63, 3.8) is 0 Å². The van der Waals surface area contributed by atoms with Crippen molar-refractivity contribution in [1.29, 1.82) is 5.26 Å². The van der Waals surface area contributed by atoms with Crippen molar-refractivity contribution in [2.75, 3.05) is 35.6 Å². The number of fused-ring (bicyclic) bond motifs is 3. The van der Waals surface area contributed by atoms with Crippen LogP contribution in [0, 0.1) is 49.6 Å². The van der Waals surface area contributed by atoms with Crippen LogP contribution in [0.3, 0.4) is 0 Å². The van der Waals surface area contributed by atoms with Gasteiger partial charge in [0.15, 0.2) is 17.1 Å². The summed E-state index contributed by atoms with van der Waals surface area (Å²) < 4.78 is 47.8. The van der Waals surface area contributed by atoms with Crippen LogP contribution in [0.15, 0.2) is 224 Å². The number of halogens is 4. The molecule has 120 heavy (non-hydrogen) atoms. The standard InChI is InChI=1S/C32H32FN5O3.C29H30FN5O2.C29H26FN5O2.C3H3ClO.H2/c1-4-28(39)34-16-24-15-22(12-13-27(24)33)18-38-30-21(3)17-37(32(41)23-9-5-6-10-23)19-26(30)29(36-38)31(40)35-25-11-7-8-20(2)14-25;2*1-18-6-5-9-23(12-18)32-28(36)26-24-17-34(29(37)21-7-3-4-8-21)15-19(2)27(24)35(33-26)16-20-10-11-25(30)22(13-20)14-31;1-2-3(4)5;/h4-9,11-15,21H,1,10,16-19H2,2-3H3,(H,34,39)(H,35,40);3-7,9-13,19H,8,14-17,31H2,1-2H3,(H,32,36);3-7,9-13,19H,8,15-17H2,1-2H3,(H,32,36);2H,1H2;1H. The fourth-order valence-electron chi connectivity index (χ4n) is 15.5. The highest BCUT2D eigenvalue weighted by molar-refractivity contribution is 6.66. The third-order valence-electron chi connectivity index (χ3n) is 21.1. The maximum absolute atomic E-state index is 14.5. The van der Waals surface area contributed by atoms with Crippen LogP contribution in [0.25, 0.3) is 0 Å². The van der Waals surface area contributed by atoms with Gasteiger partial charge in [-0.15, -0.1) is 0 Å². The number of nitrogens with two attached hydrogens (primary N) is 1. The minimum absolute atomic E-state index is 0. The number of hydrogen-bond donors (Lipinski definition) is 5. The van der Waals surface area contributed by atoms with E-state index in [2.05, 4.69) is 39.5 Å². The number of benzene rings is 6. The van der Waals surface area contributed by atoms with Crippen LogP contribution in [0.1, 0.15) is 175 Å². The molecule has 7 amide bonds. The van der Waals surface area contributed by atoms with E-state index in [0.29, 0.717) is 103 Å². The fraction of sp³-hybridized carbons (Fsp3) is 0.247. The lowest BCUT2D eigenvalue weighted by atomic mass is 9.95. The van der Waals surface area contributed by atoms with Crippen molar-refractivity contribution in [2.45, 2.75) is 131 Å². The number of amides is 7. The van der Waals surface area contributed by atoms with Crippen LogP contribution in [0.5, 0.6) is 0 Å². The first-order valence-electron chi connectivity index (χ1n) is 39.2. The molecule has 27 heteroatoms. The summed E-state index contributed by atoms with van der Waals surface area (Å²) in [6.45, 7) is 21.7. The Bertz CT molecular complexity index is 5820. The first-order chi connectivity index (χ1) is 57.7. The summed E-state index contributed by atoms with van der Waals surface area (Å²) >= 11 is 4.71. The van der Waals surface area contributed by atoms with E-state index in [1.54, 1.807) is 54.4 Å². The van der Waals surface area contributed by atoms with E-state index in [9.17, 15) is 56.8 Å². The number of aryl methyl sites for hydroxylation is 3. The smallest absolute Gasteiger partial charge is 0.276 e. The summed E-state index contributed by atoms with van der Waals surface area (Å²) in [7, 11) is 0. The molecule has 3 aromatic heterocycles. The Labute approximate surface area is 699 Å². The van der Waals surface area contributed by atoms with Gasteiger partial charge in [-0.1, -0.05) is 143 Å². The second kappa shape index (κ2) is 38.6. The van der Waals surface area contributed by atoms with Crippen molar-refractivity contribution in [1.82, 2.24) is 49.4 Å². The van der Waals surface area contributed by atoms with Gasteiger partial charge in [0.1, 0.15) is 23.5 Å². The molecule has 23 nitrogen and oxygen atoms in total. The van der Waals surface area contributed by atoms with Crippen molar-refractivity contribution in [3.05, 3.63) is 342 Å². The van der Waals surface area contributed by atoms with Gasteiger partial charge >= 0.3 is 0 Å². The maximum Gasteiger partial charge on any atom is 0.276 e. The van der Waals surface area contributed by atoms with Crippen molar-refractivity contribution in [3.8, 4) is 6.07 Å². The predicted molar refractivity (Wildman–Crippen MR) is 455 cm³/mol. The minimum Gasteiger partial charge on any atom is -0.348 e. The molecule has 9 aromatic rings. The van der Waals surface area contributed by atoms with Crippen molar-refractivity contribution in [2.24, 2.45) is 5.73 Å². The summed E-state index contributed by atoms with van der Waals surface area (Å²) in [5.41, 5.74) is 21.5. The Morgan fingerprint density at radius 3 is 1.17 bits per heavy atom. The first kappa shape index (κ1) is 85.7. The van der Waals surface area contributed by atoms with E-state index in [0.717, 1.165) is 79.3 Å². The first-order valence-corrected chi connectivity index (χ1v) is 39.6. The molecule has 6 heterocycles. The van der Waals surface area contributed by atoms with Crippen LogP contribution in [0.2, 0.25) is 0 Å². The van der Waals surface area contributed by atoms with E-state index in [4.69, 9.17) is 27.5 Å². The maximum atomic E-state index is 14.5. The molecule has 0 saturated heterocycles. The van der Waals surface area contributed by atoms with Gasteiger partial charge in [-0.2, -0.15) is 20.6 Å². The number of rotatable bonds is 20. The van der Waals surface area contributed by atoms with Gasteiger partial charge < -0.3 is 41.7 Å². The normalized spacial score (nSPS) is 15.7. The summed E-state index contributed by atoms with van der Waals surface area (Å²) in [6, 6.07) is 38.4. The summed E-state index contributed by atoms with van der Waals surface area (Å²) in [5, 5.41) is 34.4. The molecule has 0 spiro atoms. The van der Waals surface area contributed by atoms with Gasteiger partial charge in [0.05, 0.1) is 44.8 Å². The molecule has 0 fully saturated rings. The number of nitrogens with zero attached hydrogens (tertiary/aromatic N) is 10. The van der Waals surface area contributed by atoms with Crippen LogP contribution < -0.4 is 27.0 Å². The zero-order valence-electron chi connectivity index (χ0n) is 67.3. The Morgan fingerprint density at radius 2 is 0.850 bits per heavy atom. The van der Waals surface area contributed by atoms with E-state index >= 15 is 0 Å². The number of nitrogens with one attached hydrogen (secondary N) is 4. The Morgan fingerprint density at radius 1 is 0.508 bits per heavy atom. The van der Waals surface area contributed by atoms with Crippen LogP contribution >= 0.6 is 11.6 Å². The van der Waals surface area contributed by atoms with Gasteiger partial charge in [-0.3, -0.25) is 52.4 Å². The summed E-state index contributed by atoms with van der Waals surface area (Å²) in [5.74, 6) is -3.15. The molecule has 0 radical (unpaired) electrons. The fourth-order valence-corrected chi connectivity index (χ4v) is 15.5. The molecule has 3 atom stereocenters. The highest BCUT2D eigenvalue weighted by Crippen LogP contribution is 2.38. The molecule has 15 rings (SSSR count). The Kier molecular flexibility index (Phi) is 27.6. The zero-order chi connectivity index (χ0) is 85.6. The second-order valence-electron chi connectivity index (χ2n) is 30.2. The van der Waals surface area contributed by atoms with Crippen molar-refractivity contribution < 1.29 is 53.0 Å². The average Bonchev–Trinajstić information content (AvgIpc) is 1.62. The topological polar surface area (TPSA) is 298 Å². The van der Waals surface area contributed by atoms with Gasteiger partial charge in [-0.05, 0) is 170 Å². The van der Waals surface area contributed by atoms with Crippen LogP contribution in [-0.4, -0.2) is 110 Å². The van der Waals surface area contributed by atoms with Crippen LogP contribution in [0.4, 0.5) is 30.2 Å². The van der Waals surface area contributed by atoms with Crippen LogP contribution in [-0.2, 0) is 76.3 Å². The predicted octanol–water partition coefficient (Wildman–Crippen LogP) is 15.2. The minimum atomic E-state index is -0.579. The lowest BCUT2D eigenvalue weighted by Gasteiger charge is -2.32. The number of hydrogen-bond acceptors (Lipinski definition) is 13. The largest absolute Gasteiger partial charge is 0.348 e. The Balaban J connectivity index is 0.000000172. The molecular weight excluding hydrogens is 1550 g/mol. The van der Waals surface area contributed by atoms with E-state index < -0.39 is 22.8 Å². The molecule has 616 valence electrons. The number of carbonyl (C=O) groups is 8. The quantitative estimate of drug-likeness (QED) is 0.0351. The molecule has 3 aliphatic carbocycles. The number of allylic oxidation sites excluding steroid dienone is 10. The SMILES string of the molecule is C=CC(=O)Cl.C=CC(=O)NCc1cc(Cn2nc(C(=O)Nc3cccc(C)c3)c3c2C(C)CN(C(=O)C2=CC=CC2)C3)ccc1F.Cc1cccc(NC(=O)c2nn(Cc3ccc(F)c(C#N)c3)c3c2CN(C(=O)C2=CC=CC2)CC3C)c1.Cc1cccc(NC(=O)c2nn(Cc3ccc(F)c(CN)c3)c3c2CN(C(=O)C2=CC=CC2)CC3C)c1.[HH]. The molecular formula is C93H93ClF3N15O8. The molecule has 6 N–H and O–H groups in total. The van der Waals surface area contributed by atoms with E-state index in [1.807, 2.05) is 180 Å². The molecule has 6 aliphatic rings. The Hall–Kier alpha value is -13.6. The molecule has 6 aromatic carbocycles. The monoisotopic (exact) mass is 1640 g/mol. The van der Waals surface area contributed by atoms with E-state index in [-0.39, 0.29) is 117 Å². The van der Waals surface area contributed by atoms with Gasteiger partial charge in [0.25, 0.3) is 17.7 Å². The third-order valence-corrected chi connectivity index (χ3v) is 21.2. The molecule has 0 bridgehead atoms. The molecule has 3 unspecified atom stereocenters. The lowest BCUT2D eigenvalue weighted by molar-refractivity contribution is -0.129. The number of aromatic nitrogens is 6. The average molecular weight is 1640 g/mol. The lowest BCUT2D eigenvalue weighted by Crippen LogP contribution is -2.39. The third kappa shape index (κ3) is 20.5. The van der Waals surface area contributed by atoms with Gasteiger partial charge in [0, 0.05) is 131 Å². The summed E-state index contributed by atoms with van der Waals surface area (Å²) in [4.78, 5) is 107. The molecule has 3 aliphatic heterocycles. The highest BCUT2D eigenvalue weighted by atomic mass is 35.5. The van der Waals surface area contributed by atoms with E-state index in [1.165, 1.54) is 24.3 Å². The summed E-state index contributed by atoms with van der Waals surface area (Å²) in [6.07, 6.45) is 21.0. The van der Waals surface area contributed by atoms with Gasteiger partial charge in [-0.25, -0.2) is 13.2 Å². The molecule has 0 saturated carbocycles.